The summed E-state index contributed by atoms with van der Waals surface area (Å²) >= 11 is 0. The molecule has 0 saturated heterocycles. The number of hydrogen-bond acceptors (Lipinski definition) is 1. The van der Waals surface area contributed by atoms with Crippen LogP contribution in [0.25, 0.3) is 11.1 Å². The van der Waals surface area contributed by atoms with Crippen LogP contribution in [0.3, 0.4) is 0 Å². The van der Waals surface area contributed by atoms with Crippen LogP contribution in [0.2, 0.25) is 0 Å². The third-order valence-electron chi connectivity index (χ3n) is 3.82. The summed E-state index contributed by atoms with van der Waals surface area (Å²) in [6.45, 7) is 10.1. The number of nitrogens with zero attached hydrogens (tertiary/aromatic N) is 1. The van der Waals surface area contributed by atoms with Crippen molar-refractivity contribution in [3.8, 4) is 17.2 Å². The first kappa shape index (κ1) is 14.1. The largest absolute Gasteiger partial charge is 0.192 e. The molecule has 2 aromatic carbocycles. The molecule has 0 atom stereocenters. The molecule has 0 aliphatic carbocycles. The predicted octanol–water partition coefficient (Wildman–Crippen LogP) is 4.88. The van der Waals surface area contributed by atoms with Crippen LogP contribution in [0.15, 0.2) is 43.0 Å². The monoisotopic (exact) mass is 261 g/mol. The quantitative estimate of drug-likeness (QED) is 0.722. The SMILES string of the molecule is C=CCc1cc(-c2c(C)cccc2C#N)cc(C)c1C. The van der Waals surface area contributed by atoms with Gasteiger partial charge in [0.25, 0.3) is 0 Å². The summed E-state index contributed by atoms with van der Waals surface area (Å²) in [6, 6.07) is 12.5. The van der Waals surface area contributed by atoms with Gasteiger partial charge in [0.05, 0.1) is 11.6 Å². The molecule has 0 fully saturated rings. The summed E-state index contributed by atoms with van der Waals surface area (Å²) in [5.41, 5.74) is 7.88. The molecule has 0 aromatic heterocycles. The third-order valence-corrected chi connectivity index (χ3v) is 3.82. The van der Waals surface area contributed by atoms with Crippen molar-refractivity contribution in [1.29, 1.82) is 5.26 Å². The Balaban J connectivity index is 2.71. The molecule has 0 radical (unpaired) electrons. The highest BCUT2D eigenvalue weighted by molar-refractivity contribution is 5.75. The first-order chi connectivity index (χ1) is 9.58. The molecule has 2 aromatic rings. The molecule has 0 aliphatic heterocycles. The van der Waals surface area contributed by atoms with Crippen molar-refractivity contribution in [2.75, 3.05) is 0 Å². The molecule has 0 N–H and O–H groups in total. The fourth-order valence-corrected chi connectivity index (χ4v) is 2.59. The molecule has 0 spiro atoms. The zero-order valence-electron chi connectivity index (χ0n) is 12.3. The Bertz CT molecular complexity index is 702. The third kappa shape index (κ3) is 2.51. The lowest BCUT2D eigenvalue weighted by molar-refractivity contribution is 1.18. The summed E-state index contributed by atoms with van der Waals surface area (Å²) in [6.07, 6.45) is 2.78. The van der Waals surface area contributed by atoms with Gasteiger partial charge in [-0.05, 0) is 61.1 Å². The van der Waals surface area contributed by atoms with E-state index in [0.29, 0.717) is 0 Å². The van der Waals surface area contributed by atoms with Gasteiger partial charge in [0.2, 0.25) is 0 Å². The van der Waals surface area contributed by atoms with Crippen molar-refractivity contribution in [2.45, 2.75) is 27.2 Å². The first-order valence-electron chi connectivity index (χ1n) is 6.79. The first-order valence-corrected chi connectivity index (χ1v) is 6.79. The zero-order valence-corrected chi connectivity index (χ0v) is 12.3. The average molecular weight is 261 g/mol. The molecule has 0 amide bonds. The van der Waals surface area contributed by atoms with Gasteiger partial charge in [-0.2, -0.15) is 5.26 Å². The summed E-state index contributed by atoms with van der Waals surface area (Å²) < 4.78 is 0. The standard InChI is InChI=1S/C19H19N/c1-5-7-16-11-18(10-14(3)15(16)4)19-13(2)8-6-9-17(19)12-20/h5-6,8-11H,1,7H2,2-4H3. The Morgan fingerprint density at radius 2 is 1.90 bits per heavy atom. The lowest BCUT2D eigenvalue weighted by atomic mass is 9.90. The topological polar surface area (TPSA) is 23.8 Å². The molecule has 0 aliphatic rings. The number of nitriles is 1. The second kappa shape index (κ2) is 5.75. The lowest BCUT2D eigenvalue weighted by Gasteiger charge is -2.14. The maximum atomic E-state index is 9.33. The highest BCUT2D eigenvalue weighted by atomic mass is 14.3. The number of hydrogen-bond donors (Lipinski definition) is 0. The van der Waals surface area contributed by atoms with Crippen LogP contribution < -0.4 is 0 Å². The fourth-order valence-electron chi connectivity index (χ4n) is 2.59. The Morgan fingerprint density at radius 3 is 2.55 bits per heavy atom. The summed E-state index contributed by atoms with van der Waals surface area (Å²) in [4.78, 5) is 0. The number of allylic oxidation sites excluding steroid dienone is 1. The number of aryl methyl sites for hydroxylation is 2. The van der Waals surface area contributed by atoms with Gasteiger partial charge in [0, 0.05) is 5.56 Å². The van der Waals surface area contributed by atoms with Crippen molar-refractivity contribution < 1.29 is 0 Å². The molecule has 0 heterocycles. The Labute approximate surface area is 121 Å². The van der Waals surface area contributed by atoms with Gasteiger partial charge in [-0.1, -0.05) is 30.3 Å². The Hall–Kier alpha value is -2.33. The van der Waals surface area contributed by atoms with E-state index in [1.165, 1.54) is 16.7 Å². The van der Waals surface area contributed by atoms with Gasteiger partial charge in [-0.15, -0.1) is 6.58 Å². The smallest absolute Gasteiger partial charge is 0.0998 e. The average Bonchev–Trinajstić information content (AvgIpc) is 2.43. The lowest BCUT2D eigenvalue weighted by Crippen LogP contribution is -1.95. The minimum atomic E-state index is 0.734. The van der Waals surface area contributed by atoms with Crippen LogP contribution >= 0.6 is 0 Å². The van der Waals surface area contributed by atoms with Gasteiger partial charge in [0.1, 0.15) is 0 Å². The molecular weight excluding hydrogens is 242 g/mol. The van der Waals surface area contributed by atoms with Gasteiger partial charge >= 0.3 is 0 Å². The van der Waals surface area contributed by atoms with Crippen molar-refractivity contribution in [3.05, 3.63) is 70.8 Å². The van der Waals surface area contributed by atoms with Crippen LogP contribution in [0, 0.1) is 32.1 Å². The van der Waals surface area contributed by atoms with Gasteiger partial charge in [0.15, 0.2) is 0 Å². The molecule has 2 rings (SSSR count). The van der Waals surface area contributed by atoms with Crippen LogP contribution in [0.4, 0.5) is 0 Å². The number of benzene rings is 2. The van der Waals surface area contributed by atoms with E-state index in [1.807, 2.05) is 18.2 Å². The van der Waals surface area contributed by atoms with E-state index in [0.717, 1.165) is 28.7 Å². The van der Waals surface area contributed by atoms with E-state index in [4.69, 9.17) is 0 Å². The second-order valence-corrected chi connectivity index (χ2v) is 5.18. The highest BCUT2D eigenvalue weighted by Gasteiger charge is 2.11. The van der Waals surface area contributed by atoms with Crippen molar-refractivity contribution in [3.63, 3.8) is 0 Å². The van der Waals surface area contributed by atoms with E-state index in [-0.39, 0.29) is 0 Å². The predicted molar refractivity (Wildman–Crippen MR) is 84.7 cm³/mol. The minimum Gasteiger partial charge on any atom is -0.192 e. The maximum Gasteiger partial charge on any atom is 0.0998 e. The van der Waals surface area contributed by atoms with Gasteiger partial charge in [-0.3, -0.25) is 0 Å². The molecule has 100 valence electrons. The molecule has 1 heteroatoms. The maximum absolute atomic E-state index is 9.33. The van der Waals surface area contributed by atoms with Crippen molar-refractivity contribution in [2.24, 2.45) is 0 Å². The Morgan fingerprint density at radius 1 is 1.15 bits per heavy atom. The number of rotatable bonds is 3. The van der Waals surface area contributed by atoms with Crippen LogP contribution in [0.1, 0.15) is 27.8 Å². The van der Waals surface area contributed by atoms with E-state index in [9.17, 15) is 5.26 Å². The fraction of sp³-hybridized carbons (Fsp3) is 0.211. The van der Waals surface area contributed by atoms with E-state index >= 15 is 0 Å². The van der Waals surface area contributed by atoms with E-state index in [2.05, 4.69) is 51.6 Å². The van der Waals surface area contributed by atoms with E-state index in [1.54, 1.807) is 0 Å². The molecule has 20 heavy (non-hydrogen) atoms. The highest BCUT2D eigenvalue weighted by Crippen LogP contribution is 2.30. The summed E-state index contributed by atoms with van der Waals surface area (Å²) in [5, 5.41) is 9.33. The zero-order chi connectivity index (χ0) is 14.7. The Kier molecular flexibility index (Phi) is 4.05. The van der Waals surface area contributed by atoms with E-state index < -0.39 is 0 Å². The van der Waals surface area contributed by atoms with Gasteiger partial charge < -0.3 is 0 Å². The molecule has 0 unspecified atom stereocenters. The van der Waals surface area contributed by atoms with Crippen LogP contribution in [0.5, 0.6) is 0 Å². The summed E-state index contributed by atoms with van der Waals surface area (Å²) in [5.74, 6) is 0. The van der Waals surface area contributed by atoms with Crippen LogP contribution in [-0.4, -0.2) is 0 Å². The molecule has 1 nitrogen and oxygen atoms in total. The van der Waals surface area contributed by atoms with Crippen molar-refractivity contribution in [1.82, 2.24) is 0 Å². The van der Waals surface area contributed by atoms with Crippen LogP contribution in [-0.2, 0) is 6.42 Å². The summed E-state index contributed by atoms with van der Waals surface area (Å²) in [7, 11) is 0. The molecular formula is C19H19N. The second-order valence-electron chi connectivity index (χ2n) is 5.18. The minimum absolute atomic E-state index is 0.734. The molecule has 0 saturated carbocycles. The normalized spacial score (nSPS) is 10.1. The molecule has 0 bridgehead atoms. The van der Waals surface area contributed by atoms with Crippen molar-refractivity contribution >= 4 is 0 Å². The van der Waals surface area contributed by atoms with Gasteiger partial charge in [-0.25, -0.2) is 0 Å².